The first-order chi connectivity index (χ1) is 13.9. The first kappa shape index (κ1) is 23.9. The second-order valence-corrected chi connectivity index (χ2v) is 6.29. The number of carboxylic acids is 1. The number of urea groups is 1. The van der Waals surface area contributed by atoms with E-state index in [1.165, 1.54) is 12.5 Å². The number of H-pyrrole nitrogens is 1. The monoisotopic (exact) mass is 411 g/mol. The average Bonchev–Trinajstić information content (AvgIpc) is 3.19. The normalized spacial score (nSPS) is 12.5. The maximum absolute atomic E-state index is 12.6. The van der Waals surface area contributed by atoms with E-state index in [9.17, 15) is 24.3 Å². The first-order valence-electron chi connectivity index (χ1n) is 9.38. The predicted octanol–water partition coefficient (Wildman–Crippen LogP) is -1.55. The number of carboxylic acid groups (broad SMARTS) is 1. The summed E-state index contributed by atoms with van der Waals surface area (Å²) in [7, 11) is 0. The van der Waals surface area contributed by atoms with Crippen molar-refractivity contribution in [1.29, 1.82) is 0 Å². The van der Waals surface area contributed by atoms with Crippen LogP contribution < -0.4 is 27.0 Å². The number of carbonyl (C=O) groups is 4. The molecular formula is C17H29N7O5. The molecular weight excluding hydrogens is 382 g/mol. The number of nitrogens with two attached hydrogens (primary N) is 1. The van der Waals surface area contributed by atoms with Gasteiger partial charge in [-0.3, -0.25) is 9.59 Å². The molecule has 1 aromatic heterocycles. The largest absolute Gasteiger partial charge is 0.480 e. The summed E-state index contributed by atoms with van der Waals surface area (Å²) >= 11 is 0. The molecule has 0 saturated heterocycles. The molecule has 0 spiro atoms. The van der Waals surface area contributed by atoms with Gasteiger partial charge in [-0.25, -0.2) is 14.6 Å². The van der Waals surface area contributed by atoms with E-state index in [1.54, 1.807) is 6.92 Å². The molecule has 12 heteroatoms. The van der Waals surface area contributed by atoms with Gasteiger partial charge in [-0.2, -0.15) is 0 Å². The van der Waals surface area contributed by atoms with Crippen molar-refractivity contribution in [2.75, 3.05) is 19.6 Å². The topological polar surface area (TPSA) is 191 Å². The number of nitrogens with zero attached hydrogens (tertiary/aromatic N) is 1. The zero-order valence-electron chi connectivity index (χ0n) is 16.4. The van der Waals surface area contributed by atoms with Crippen molar-refractivity contribution in [2.45, 2.75) is 44.7 Å². The van der Waals surface area contributed by atoms with Crippen LogP contribution in [0.25, 0.3) is 0 Å². The highest BCUT2D eigenvalue weighted by Gasteiger charge is 2.26. The highest BCUT2D eigenvalue weighted by Crippen LogP contribution is 2.04. The van der Waals surface area contributed by atoms with Crippen LogP contribution in [0.1, 0.15) is 31.9 Å². The number of amides is 4. The molecule has 8 N–H and O–H groups in total. The average molecular weight is 411 g/mol. The van der Waals surface area contributed by atoms with Crippen LogP contribution in [0.4, 0.5) is 4.79 Å². The molecule has 2 atom stereocenters. The van der Waals surface area contributed by atoms with Gasteiger partial charge in [0.2, 0.25) is 11.8 Å². The maximum Gasteiger partial charge on any atom is 0.326 e. The molecule has 0 aliphatic carbocycles. The molecule has 29 heavy (non-hydrogen) atoms. The Morgan fingerprint density at radius 1 is 1.17 bits per heavy atom. The van der Waals surface area contributed by atoms with E-state index < -0.39 is 29.9 Å². The van der Waals surface area contributed by atoms with Crippen molar-refractivity contribution >= 4 is 23.8 Å². The van der Waals surface area contributed by atoms with Crippen molar-refractivity contribution in [1.82, 2.24) is 31.2 Å². The second-order valence-electron chi connectivity index (χ2n) is 6.29. The van der Waals surface area contributed by atoms with Gasteiger partial charge >= 0.3 is 12.0 Å². The van der Waals surface area contributed by atoms with E-state index in [2.05, 4.69) is 31.2 Å². The third-order valence-corrected chi connectivity index (χ3v) is 3.97. The van der Waals surface area contributed by atoms with E-state index in [0.717, 1.165) is 0 Å². The first-order valence-corrected chi connectivity index (χ1v) is 9.38. The lowest BCUT2D eigenvalue weighted by atomic mass is 10.1. The Hall–Kier alpha value is -3.15. The zero-order valence-corrected chi connectivity index (χ0v) is 16.4. The molecule has 1 heterocycles. The molecule has 1 aromatic rings. The van der Waals surface area contributed by atoms with Crippen LogP contribution in [-0.4, -0.2) is 70.6 Å². The van der Waals surface area contributed by atoms with Crippen LogP contribution in [0.15, 0.2) is 12.5 Å². The number of nitrogens with one attached hydrogen (secondary N) is 5. The Bertz CT molecular complexity index is 665. The smallest absolute Gasteiger partial charge is 0.326 e. The minimum atomic E-state index is -1.18. The number of unbranched alkanes of at least 4 members (excludes halogenated alkanes) is 1. The highest BCUT2D eigenvalue weighted by molar-refractivity contribution is 5.91. The third kappa shape index (κ3) is 9.55. The molecule has 0 saturated carbocycles. The molecule has 4 amide bonds. The predicted molar refractivity (Wildman–Crippen MR) is 104 cm³/mol. The summed E-state index contributed by atoms with van der Waals surface area (Å²) in [5.41, 5.74) is 5.89. The fourth-order valence-electron chi connectivity index (χ4n) is 2.51. The minimum Gasteiger partial charge on any atom is -0.480 e. The third-order valence-electron chi connectivity index (χ3n) is 3.97. The SMILES string of the molecule is CCNC(=O)NCCCC[C@H](NC(=O)[C@H](Cc1cnc[nH]1)NC(=O)CN)C(=O)O. The number of hydrogen-bond acceptors (Lipinski definition) is 6. The molecule has 0 aliphatic rings. The Labute approximate surface area is 168 Å². The van der Waals surface area contributed by atoms with Crippen molar-refractivity contribution in [3.05, 3.63) is 18.2 Å². The van der Waals surface area contributed by atoms with Gasteiger partial charge in [-0.15, -0.1) is 0 Å². The van der Waals surface area contributed by atoms with Crippen LogP contribution >= 0.6 is 0 Å². The number of hydrogen-bond donors (Lipinski definition) is 7. The Kier molecular flexibility index (Phi) is 10.8. The summed E-state index contributed by atoms with van der Waals surface area (Å²) in [6, 6.07) is -2.40. The molecule has 0 bridgehead atoms. The zero-order chi connectivity index (χ0) is 21.6. The molecule has 1 rings (SSSR count). The second kappa shape index (κ2) is 13.1. The summed E-state index contributed by atoms with van der Waals surface area (Å²) in [5, 5.41) is 19.5. The van der Waals surface area contributed by atoms with Gasteiger partial charge in [-0.05, 0) is 26.2 Å². The van der Waals surface area contributed by atoms with Crippen LogP contribution in [0.2, 0.25) is 0 Å². The fraction of sp³-hybridized carbons (Fsp3) is 0.588. The Balaban J connectivity index is 2.56. The van der Waals surface area contributed by atoms with E-state index in [-0.39, 0.29) is 25.4 Å². The van der Waals surface area contributed by atoms with Crippen LogP contribution in [-0.2, 0) is 20.8 Å². The minimum absolute atomic E-state index is 0.111. The summed E-state index contributed by atoms with van der Waals surface area (Å²) in [6.45, 7) is 2.41. The Morgan fingerprint density at radius 2 is 1.93 bits per heavy atom. The standard InChI is InChI=1S/C17H29N7O5/c1-2-20-17(29)21-6-4-3-5-12(16(27)28)24-15(26)13(23-14(25)8-18)7-11-9-19-10-22-11/h9-10,12-13H,2-8,18H2,1H3,(H,19,22)(H,23,25)(H,24,26)(H,27,28)(H2,20,21,29)/t12-,13-/m0/s1. The molecule has 0 aromatic carbocycles. The number of aromatic amines is 1. The van der Waals surface area contributed by atoms with E-state index >= 15 is 0 Å². The number of aromatic nitrogens is 2. The van der Waals surface area contributed by atoms with Gasteiger partial charge < -0.3 is 37.1 Å². The molecule has 0 radical (unpaired) electrons. The molecule has 0 fully saturated rings. The molecule has 12 nitrogen and oxygen atoms in total. The van der Waals surface area contributed by atoms with Gasteiger partial charge in [0.25, 0.3) is 0 Å². The number of rotatable bonds is 13. The summed E-state index contributed by atoms with van der Waals surface area (Å²) in [6.07, 6.45) is 4.26. The fourth-order valence-corrected chi connectivity index (χ4v) is 2.51. The molecule has 0 unspecified atom stereocenters. The van der Waals surface area contributed by atoms with Gasteiger partial charge in [0, 0.05) is 31.4 Å². The maximum atomic E-state index is 12.6. The quantitative estimate of drug-likeness (QED) is 0.191. The summed E-state index contributed by atoms with van der Waals surface area (Å²) in [5.74, 6) is -2.34. The van der Waals surface area contributed by atoms with Crippen molar-refractivity contribution in [3.63, 3.8) is 0 Å². The lowest BCUT2D eigenvalue weighted by Gasteiger charge is -2.21. The van der Waals surface area contributed by atoms with Crippen molar-refractivity contribution in [3.8, 4) is 0 Å². The summed E-state index contributed by atoms with van der Waals surface area (Å²) < 4.78 is 0. The van der Waals surface area contributed by atoms with Crippen LogP contribution in [0, 0.1) is 0 Å². The number of imidazole rings is 1. The van der Waals surface area contributed by atoms with Crippen molar-refractivity contribution < 1.29 is 24.3 Å². The van der Waals surface area contributed by atoms with Gasteiger partial charge in [-0.1, -0.05) is 0 Å². The number of aliphatic carboxylic acids is 1. The molecule has 162 valence electrons. The molecule has 0 aliphatic heterocycles. The van der Waals surface area contributed by atoms with E-state index in [0.29, 0.717) is 31.6 Å². The van der Waals surface area contributed by atoms with Crippen LogP contribution in [0.5, 0.6) is 0 Å². The number of carbonyl (C=O) groups excluding carboxylic acids is 3. The van der Waals surface area contributed by atoms with Gasteiger partial charge in [0.1, 0.15) is 12.1 Å². The van der Waals surface area contributed by atoms with Gasteiger partial charge in [0.05, 0.1) is 12.9 Å². The van der Waals surface area contributed by atoms with Crippen molar-refractivity contribution in [2.24, 2.45) is 5.73 Å². The Morgan fingerprint density at radius 3 is 2.52 bits per heavy atom. The lowest BCUT2D eigenvalue weighted by molar-refractivity contribution is -0.142. The van der Waals surface area contributed by atoms with Crippen LogP contribution in [0.3, 0.4) is 0 Å². The van der Waals surface area contributed by atoms with E-state index in [1.807, 2.05) is 0 Å². The lowest BCUT2D eigenvalue weighted by Crippen LogP contribution is -2.53. The van der Waals surface area contributed by atoms with Gasteiger partial charge in [0.15, 0.2) is 0 Å². The van der Waals surface area contributed by atoms with E-state index in [4.69, 9.17) is 5.73 Å². The highest BCUT2D eigenvalue weighted by atomic mass is 16.4. The summed E-state index contributed by atoms with van der Waals surface area (Å²) in [4.78, 5) is 53.6.